The number of anilines is 1. The lowest BCUT2D eigenvalue weighted by Gasteiger charge is -2.09. The molecule has 0 bridgehead atoms. The number of nitrogens with one attached hydrogen (secondary N) is 2. The van der Waals surface area contributed by atoms with E-state index in [1.807, 2.05) is 0 Å². The van der Waals surface area contributed by atoms with Crippen LogP contribution in [0.4, 0.5) is 5.69 Å². The molecule has 0 heterocycles. The van der Waals surface area contributed by atoms with Gasteiger partial charge < -0.3 is 10.1 Å². The second-order valence-electron chi connectivity index (χ2n) is 4.37. The van der Waals surface area contributed by atoms with Crippen molar-refractivity contribution in [1.29, 1.82) is 0 Å². The Morgan fingerprint density at radius 1 is 1.33 bits per heavy atom. The number of ether oxygens (including phenoxy) is 1. The summed E-state index contributed by atoms with van der Waals surface area (Å²) >= 11 is 5.64. The van der Waals surface area contributed by atoms with Gasteiger partial charge in [0, 0.05) is 25.9 Å². The molecule has 1 amide bonds. The van der Waals surface area contributed by atoms with Crippen LogP contribution in [-0.2, 0) is 19.6 Å². The highest BCUT2D eigenvalue weighted by molar-refractivity contribution is 7.89. The van der Waals surface area contributed by atoms with Gasteiger partial charge in [0.1, 0.15) is 5.38 Å². The lowest BCUT2D eigenvalue weighted by Crippen LogP contribution is -2.25. The molecule has 0 fully saturated rings. The maximum absolute atomic E-state index is 12.0. The van der Waals surface area contributed by atoms with Crippen LogP contribution in [-0.4, -0.2) is 40.0 Å². The van der Waals surface area contributed by atoms with E-state index < -0.39 is 15.4 Å². The third-order valence-electron chi connectivity index (χ3n) is 2.61. The van der Waals surface area contributed by atoms with Crippen molar-refractivity contribution in [3.63, 3.8) is 0 Å². The van der Waals surface area contributed by atoms with Crippen molar-refractivity contribution in [3.8, 4) is 0 Å². The first-order valence-electron chi connectivity index (χ1n) is 6.40. The molecule has 6 nitrogen and oxygen atoms in total. The Morgan fingerprint density at radius 2 is 1.95 bits per heavy atom. The summed E-state index contributed by atoms with van der Waals surface area (Å²) in [6.07, 6.45) is 0.595. The number of sulfonamides is 1. The highest BCUT2D eigenvalue weighted by Crippen LogP contribution is 2.14. The number of benzene rings is 1. The molecule has 1 aromatic carbocycles. The molecular formula is C13H19ClN2O4S. The van der Waals surface area contributed by atoms with Gasteiger partial charge in [-0.25, -0.2) is 13.1 Å². The molecule has 118 valence electrons. The molecule has 1 unspecified atom stereocenters. The molecule has 0 spiro atoms. The van der Waals surface area contributed by atoms with Crippen molar-refractivity contribution in [3.05, 3.63) is 24.3 Å². The minimum atomic E-state index is -3.55. The Bertz CT molecular complexity index is 558. The first-order chi connectivity index (χ1) is 9.86. The normalized spacial score (nSPS) is 12.9. The van der Waals surface area contributed by atoms with Crippen LogP contribution in [0.2, 0.25) is 0 Å². The SMILES string of the molecule is COCCCNS(=O)(=O)c1ccc(NC(=O)C(C)Cl)cc1. The monoisotopic (exact) mass is 334 g/mol. The number of methoxy groups -OCH3 is 1. The molecule has 8 heteroatoms. The van der Waals surface area contributed by atoms with Gasteiger partial charge in [0.2, 0.25) is 15.9 Å². The molecular weight excluding hydrogens is 316 g/mol. The Hall–Kier alpha value is -1.15. The highest BCUT2D eigenvalue weighted by atomic mass is 35.5. The predicted molar refractivity (Wildman–Crippen MR) is 82.1 cm³/mol. The number of halogens is 1. The Kier molecular flexibility index (Phi) is 7.10. The third-order valence-corrected chi connectivity index (χ3v) is 4.29. The van der Waals surface area contributed by atoms with E-state index in [-0.39, 0.29) is 10.8 Å². The van der Waals surface area contributed by atoms with Crippen molar-refractivity contribution in [2.75, 3.05) is 25.6 Å². The fourth-order valence-electron chi connectivity index (χ4n) is 1.47. The molecule has 0 saturated carbocycles. The Labute approximate surface area is 129 Å². The standard InChI is InChI=1S/C13H19ClN2O4S/c1-10(14)13(17)16-11-4-6-12(7-5-11)21(18,19)15-8-3-9-20-2/h4-7,10,15H,3,8-9H2,1-2H3,(H,16,17). The van der Waals surface area contributed by atoms with Crippen LogP contribution in [0, 0.1) is 0 Å². The molecule has 2 N–H and O–H groups in total. The molecule has 0 saturated heterocycles. The number of carbonyl (C=O) groups excluding carboxylic acids is 1. The van der Waals surface area contributed by atoms with E-state index in [1.54, 1.807) is 14.0 Å². The average molecular weight is 335 g/mol. The molecule has 1 aromatic rings. The average Bonchev–Trinajstić information content (AvgIpc) is 2.44. The van der Waals surface area contributed by atoms with Crippen molar-refractivity contribution < 1.29 is 17.9 Å². The second kappa shape index (κ2) is 8.33. The van der Waals surface area contributed by atoms with Crippen molar-refractivity contribution in [1.82, 2.24) is 4.72 Å². The maximum Gasteiger partial charge on any atom is 0.242 e. The van der Waals surface area contributed by atoms with Crippen LogP contribution < -0.4 is 10.0 Å². The van der Waals surface area contributed by atoms with E-state index in [2.05, 4.69) is 10.0 Å². The van der Waals surface area contributed by atoms with Crippen LogP contribution in [0.3, 0.4) is 0 Å². The predicted octanol–water partition coefficient (Wildman–Crippen LogP) is 1.57. The van der Waals surface area contributed by atoms with Gasteiger partial charge in [0.15, 0.2) is 0 Å². The van der Waals surface area contributed by atoms with E-state index >= 15 is 0 Å². The third kappa shape index (κ3) is 6.01. The number of amides is 1. The van der Waals surface area contributed by atoms with Crippen molar-refractivity contribution in [2.45, 2.75) is 23.6 Å². The molecule has 1 rings (SSSR count). The van der Waals surface area contributed by atoms with E-state index in [4.69, 9.17) is 16.3 Å². The topological polar surface area (TPSA) is 84.5 Å². The summed E-state index contributed by atoms with van der Waals surface area (Å²) in [5.74, 6) is -0.343. The van der Waals surface area contributed by atoms with Crippen molar-refractivity contribution in [2.24, 2.45) is 0 Å². The summed E-state index contributed by atoms with van der Waals surface area (Å²) in [5.41, 5.74) is 0.492. The zero-order valence-electron chi connectivity index (χ0n) is 11.9. The van der Waals surface area contributed by atoms with Crippen LogP contribution in [0.25, 0.3) is 0 Å². The van der Waals surface area contributed by atoms with Gasteiger partial charge in [-0.15, -0.1) is 11.6 Å². The van der Waals surface area contributed by atoms with E-state index in [1.165, 1.54) is 24.3 Å². The number of rotatable bonds is 8. The second-order valence-corrected chi connectivity index (χ2v) is 6.80. The van der Waals surface area contributed by atoms with Gasteiger partial charge in [-0.2, -0.15) is 0 Å². The zero-order valence-corrected chi connectivity index (χ0v) is 13.5. The van der Waals surface area contributed by atoms with E-state index in [9.17, 15) is 13.2 Å². The molecule has 0 aliphatic heterocycles. The van der Waals surface area contributed by atoms with E-state index in [0.717, 1.165) is 0 Å². The van der Waals surface area contributed by atoms with Crippen LogP contribution >= 0.6 is 11.6 Å². The zero-order chi connectivity index (χ0) is 15.9. The van der Waals surface area contributed by atoms with Crippen molar-refractivity contribution >= 4 is 33.2 Å². The fourth-order valence-corrected chi connectivity index (χ4v) is 2.59. The fraction of sp³-hybridized carbons (Fsp3) is 0.462. The molecule has 1 atom stereocenters. The summed E-state index contributed by atoms with van der Waals surface area (Å²) < 4.78 is 31.3. The largest absolute Gasteiger partial charge is 0.385 e. The lowest BCUT2D eigenvalue weighted by molar-refractivity contribution is -0.115. The Morgan fingerprint density at radius 3 is 2.48 bits per heavy atom. The summed E-state index contributed by atoms with van der Waals surface area (Å²) in [6, 6.07) is 5.88. The number of hydrogen-bond acceptors (Lipinski definition) is 4. The Balaban J connectivity index is 2.66. The number of alkyl halides is 1. The van der Waals surface area contributed by atoms with Gasteiger partial charge in [0.25, 0.3) is 0 Å². The molecule has 0 radical (unpaired) electrons. The quantitative estimate of drug-likeness (QED) is 0.558. The minimum Gasteiger partial charge on any atom is -0.385 e. The smallest absolute Gasteiger partial charge is 0.242 e. The van der Waals surface area contributed by atoms with E-state index in [0.29, 0.717) is 25.3 Å². The molecule has 0 aliphatic carbocycles. The maximum atomic E-state index is 12.0. The van der Waals surface area contributed by atoms with Crippen LogP contribution in [0.15, 0.2) is 29.2 Å². The van der Waals surface area contributed by atoms with Crippen LogP contribution in [0.5, 0.6) is 0 Å². The number of carbonyl (C=O) groups is 1. The lowest BCUT2D eigenvalue weighted by atomic mass is 10.3. The van der Waals surface area contributed by atoms with Gasteiger partial charge in [0.05, 0.1) is 4.90 Å². The highest BCUT2D eigenvalue weighted by Gasteiger charge is 2.14. The summed E-state index contributed by atoms with van der Waals surface area (Å²) in [4.78, 5) is 11.5. The molecule has 21 heavy (non-hydrogen) atoms. The molecule has 0 aromatic heterocycles. The summed E-state index contributed by atoms with van der Waals surface area (Å²) in [5, 5.41) is 1.92. The van der Waals surface area contributed by atoms with Crippen LogP contribution in [0.1, 0.15) is 13.3 Å². The number of hydrogen-bond donors (Lipinski definition) is 2. The minimum absolute atomic E-state index is 0.136. The summed E-state index contributed by atoms with van der Waals surface area (Å²) in [7, 11) is -1.99. The summed E-state index contributed by atoms with van der Waals surface area (Å²) in [6.45, 7) is 2.35. The van der Waals surface area contributed by atoms with Gasteiger partial charge in [-0.1, -0.05) is 0 Å². The first kappa shape index (κ1) is 17.9. The van der Waals surface area contributed by atoms with Gasteiger partial charge >= 0.3 is 0 Å². The van der Waals surface area contributed by atoms with Gasteiger partial charge in [-0.05, 0) is 37.6 Å². The van der Waals surface area contributed by atoms with Gasteiger partial charge in [-0.3, -0.25) is 4.79 Å². The molecule has 0 aliphatic rings. The first-order valence-corrected chi connectivity index (χ1v) is 8.32.